The van der Waals surface area contributed by atoms with Gasteiger partial charge in [0.25, 0.3) is 0 Å². The topological polar surface area (TPSA) is 147 Å². The minimum Gasteiger partial charge on any atom is -0.352 e. The maximum absolute atomic E-state index is 16.3. The molecule has 1 aromatic heterocycles. The largest absolute Gasteiger partial charge is 0.352 e. The first-order valence-electron chi connectivity index (χ1n) is 22.8. The van der Waals surface area contributed by atoms with Crippen molar-refractivity contribution in [1.29, 1.82) is 0 Å². The average Bonchev–Trinajstić information content (AvgIpc) is 3.83. The van der Waals surface area contributed by atoms with Gasteiger partial charge in [-0.05, 0) is 111 Å². The van der Waals surface area contributed by atoms with Gasteiger partial charge in [-0.25, -0.2) is 13.6 Å². The summed E-state index contributed by atoms with van der Waals surface area (Å²) in [4.78, 5) is 69.3. The summed E-state index contributed by atoms with van der Waals surface area (Å²) < 4.78 is 35.4. The van der Waals surface area contributed by atoms with Gasteiger partial charge >= 0.3 is 5.69 Å². The van der Waals surface area contributed by atoms with Crippen LogP contribution in [0.1, 0.15) is 112 Å². The van der Waals surface area contributed by atoms with Crippen LogP contribution < -0.4 is 27.0 Å². The summed E-state index contributed by atoms with van der Waals surface area (Å²) in [5.41, 5.74) is 1.06. The molecule has 4 amide bonds. The molecule has 4 aromatic rings. The third-order valence-electron chi connectivity index (χ3n) is 15.7. The van der Waals surface area contributed by atoms with Crippen LogP contribution >= 0.6 is 23.2 Å². The zero-order valence-electron chi connectivity index (χ0n) is 35.7. The average molecular weight is 917 g/mol. The van der Waals surface area contributed by atoms with Gasteiger partial charge in [0.1, 0.15) is 23.4 Å². The van der Waals surface area contributed by atoms with E-state index in [9.17, 15) is 24.0 Å². The lowest BCUT2D eigenvalue weighted by Crippen LogP contribution is -2.60. The van der Waals surface area contributed by atoms with E-state index >= 15 is 8.78 Å². The molecule has 0 radical (unpaired) electrons. The van der Waals surface area contributed by atoms with Crippen LogP contribution in [0.25, 0.3) is 11.0 Å². The molecule has 3 aromatic carbocycles. The van der Waals surface area contributed by atoms with E-state index in [1.54, 1.807) is 37.4 Å². The van der Waals surface area contributed by atoms with E-state index in [1.807, 2.05) is 18.2 Å². The van der Waals surface area contributed by atoms with Crippen LogP contribution in [-0.4, -0.2) is 81.1 Å². The predicted molar refractivity (Wildman–Crippen MR) is 240 cm³/mol. The highest BCUT2D eigenvalue weighted by atomic mass is 35.5. The Morgan fingerprint density at radius 2 is 1.69 bits per heavy atom. The van der Waals surface area contributed by atoms with E-state index < -0.39 is 46.9 Å². The van der Waals surface area contributed by atoms with Crippen LogP contribution in [0.3, 0.4) is 0 Å². The third-order valence-corrected chi connectivity index (χ3v) is 16.2. The third kappa shape index (κ3) is 7.00. The van der Waals surface area contributed by atoms with Crippen LogP contribution in [0.15, 0.2) is 59.4 Å². The molecule has 2 spiro atoms. The van der Waals surface area contributed by atoms with Crippen LogP contribution in [0, 0.1) is 11.7 Å². The molecule has 2 unspecified atom stereocenters. The molecule has 12 nitrogen and oxygen atoms in total. The summed E-state index contributed by atoms with van der Waals surface area (Å²) in [7, 11) is 1.64. The highest BCUT2D eigenvalue weighted by Crippen LogP contribution is 2.63. The maximum atomic E-state index is 16.3. The predicted octanol–water partition coefficient (Wildman–Crippen LogP) is 6.91. The molecular formula is C48H53Cl2F2N7O5. The van der Waals surface area contributed by atoms with E-state index in [0.29, 0.717) is 52.5 Å². The van der Waals surface area contributed by atoms with E-state index in [1.165, 1.54) is 15.2 Å². The molecule has 5 fully saturated rings. The molecule has 10 rings (SSSR count). The number of anilines is 1. The van der Waals surface area contributed by atoms with Crippen molar-refractivity contribution in [3.8, 4) is 0 Å². The van der Waals surface area contributed by atoms with Crippen molar-refractivity contribution in [1.82, 2.24) is 30.0 Å². The van der Waals surface area contributed by atoms with Crippen molar-refractivity contribution in [2.24, 2.45) is 13.0 Å². The second-order valence-electron chi connectivity index (χ2n) is 19.2. The lowest BCUT2D eigenvalue weighted by molar-refractivity contribution is -0.136. The Bertz CT molecular complexity index is 2620. The summed E-state index contributed by atoms with van der Waals surface area (Å²) in [6.07, 6.45) is 7.08. The zero-order valence-corrected chi connectivity index (χ0v) is 37.3. The number of aryl methyl sites for hydroxylation is 1. The quantitative estimate of drug-likeness (QED) is 0.148. The Kier molecular flexibility index (Phi) is 11.3. The molecule has 6 aliphatic rings. The molecule has 64 heavy (non-hydrogen) atoms. The van der Waals surface area contributed by atoms with Crippen molar-refractivity contribution in [2.45, 2.75) is 124 Å². The number of amides is 4. The van der Waals surface area contributed by atoms with E-state index in [0.717, 1.165) is 63.6 Å². The second kappa shape index (κ2) is 16.7. The monoisotopic (exact) mass is 915 g/mol. The molecule has 0 bridgehead atoms. The first-order valence-corrected chi connectivity index (χ1v) is 23.6. The number of carbonyl (C=O) groups is 4. The number of nitrogens with zero attached hydrogens (tertiary/aromatic N) is 3. The Balaban J connectivity index is 0.811. The highest BCUT2D eigenvalue weighted by molar-refractivity contribution is 6.31. The van der Waals surface area contributed by atoms with Crippen LogP contribution in [0.4, 0.5) is 14.5 Å². The van der Waals surface area contributed by atoms with Crippen molar-refractivity contribution < 1.29 is 28.0 Å². The van der Waals surface area contributed by atoms with Crippen molar-refractivity contribution >= 4 is 63.6 Å². The smallest absolute Gasteiger partial charge is 0.329 e. The fourth-order valence-corrected chi connectivity index (χ4v) is 13.1. The van der Waals surface area contributed by atoms with Gasteiger partial charge in [-0.3, -0.25) is 38.9 Å². The van der Waals surface area contributed by atoms with E-state index in [-0.39, 0.29) is 65.3 Å². The van der Waals surface area contributed by atoms with Crippen LogP contribution in [0.5, 0.6) is 0 Å². The minimum absolute atomic E-state index is 0.0680. The van der Waals surface area contributed by atoms with Gasteiger partial charge in [-0.1, -0.05) is 66.7 Å². The Morgan fingerprint density at radius 3 is 2.44 bits per heavy atom. The number of imide groups is 1. The van der Waals surface area contributed by atoms with Crippen molar-refractivity contribution in [3.05, 3.63) is 97.6 Å². The van der Waals surface area contributed by atoms with E-state index in [4.69, 9.17) is 23.2 Å². The Hall–Kier alpha value is -4.63. The summed E-state index contributed by atoms with van der Waals surface area (Å²) in [6.45, 7) is 1.76. The fraction of sp³-hybridized carbons (Fsp3) is 0.521. The number of rotatable bonds is 7. The summed E-state index contributed by atoms with van der Waals surface area (Å²) in [6, 6.07) is 13.8. The number of nitrogens with one attached hydrogen (secondary N) is 4. The molecule has 2 aliphatic carbocycles. The Morgan fingerprint density at radius 1 is 0.906 bits per heavy atom. The molecular weight excluding hydrogens is 863 g/mol. The van der Waals surface area contributed by atoms with Gasteiger partial charge in [0.05, 0.1) is 22.1 Å². The van der Waals surface area contributed by atoms with Crippen LogP contribution in [0.2, 0.25) is 10.0 Å². The Labute approximate surface area is 379 Å². The highest BCUT2D eigenvalue weighted by Gasteiger charge is 2.72. The fourth-order valence-electron chi connectivity index (χ4n) is 12.7. The van der Waals surface area contributed by atoms with Gasteiger partial charge in [-0.2, -0.15) is 0 Å². The second-order valence-corrected chi connectivity index (χ2v) is 20.0. The van der Waals surface area contributed by atoms with Gasteiger partial charge in [-0.15, -0.1) is 0 Å². The lowest BCUT2D eigenvalue weighted by Gasteiger charge is -2.47. The molecule has 6 atom stereocenters. The molecule has 16 heteroatoms. The molecule has 338 valence electrons. The molecule has 5 heterocycles. The van der Waals surface area contributed by atoms with E-state index in [2.05, 4.69) is 26.2 Å². The van der Waals surface area contributed by atoms with Gasteiger partial charge < -0.3 is 15.5 Å². The van der Waals surface area contributed by atoms with Crippen LogP contribution in [-0.2, 0) is 31.6 Å². The number of hydrogen-bond acceptors (Lipinski definition) is 7. The molecule has 4 aliphatic heterocycles. The molecule has 2 saturated carbocycles. The van der Waals surface area contributed by atoms with Gasteiger partial charge in [0.15, 0.2) is 0 Å². The maximum Gasteiger partial charge on any atom is 0.329 e. The number of benzene rings is 3. The number of piperidine rings is 2. The number of carbonyl (C=O) groups excluding carboxylic acids is 4. The lowest BCUT2D eigenvalue weighted by atomic mass is 9.55. The summed E-state index contributed by atoms with van der Waals surface area (Å²) in [5, 5.41) is 12.9. The first-order chi connectivity index (χ1) is 30.8. The normalized spacial score (nSPS) is 30.5. The van der Waals surface area contributed by atoms with Gasteiger partial charge in [0.2, 0.25) is 23.6 Å². The SMILES string of the molecule is Cn1c(=O)n(C2CCC(=O)NC2=O)c2ccc(C3CCN(CC4CCC(NC(=O)[C@@H]5NC6(CCCCC6)[C@@]6(C(=O)Nc7cc(Cl)ccc76)[C@H]5c5cccc(Cl)c5F)CC4)C[C@H]3F)cc21. The number of likely N-dealkylation sites (tertiary alicyclic amines) is 1. The number of imidazole rings is 1. The first kappa shape index (κ1) is 43.3. The summed E-state index contributed by atoms with van der Waals surface area (Å²) in [5.74, 6) is -2.93. The van der Waals surface area contributed by atoms with Crippen molar-refractivity contribution in [2.75, 3.05) is 25.0 Å². The molecule has 4 N–H and O–H groups in total. The molecule has 3 saturated heterocycles. The number of aromatic nitrogens is 2. The van der Waals surface area contributed by atoms with Crippen molar-refractivity contribution in [3.63, 3.8) is 0 Å². The minimum atomic E-state index is -1.30. The number of fused-ring (bicyclic) bond motifs is 4. The number of halogens is 4. The number of alkyl halides is 1. The number of hydrogen-bond donors (Lipinski definition) is 4. The standard InChI is InChI=1S/C48H53Cl2F2N7O5/c1-57-38-22-27(10-15-36(38)59(46(57)64)37-16-17-39(60)55-43(37)61)30-18-21-58(25-34(30)51)24-26-8-12-29(13-9-26)53-44(62)42-40(31-6-5-7-33(50)41(31)52)48(47(56-42)19-3-2-4-20-47)32-14-11-28(49)23-35(32)54-45(48)63/h5-7,10-11,14-15,22-23,26,29-30,34,37,40,42,56H,2-4,8-9,12-13,16-21,24-25H2,1H3,(H,53,62)(H,54,63)(H,55,60,61)/t26?,29?,30?,34-,37?,40+,42-,48-/m1/s1. The summed E-state index contributed by atoms with van der Waals surface area (Å²) >= 11 is 12.9. The van der Waals surface area contributed by atoms with Gasteiger partial charge in [0, 0.05) is 60.7 Å². The zero-order chi connectivity index (χ0) is 44.7.